The van der Waals surface area contributed by atoms with Gasteiger partial charge >= 0.3 is 0 Å². The van der Waals surface area contributed by atoms with Crippen LogP contribution in [0.4, 0.5) is 0 Å². The van der Waals surface area contributed by atoms with Crippen LogP contribution in [-0.2, 0) is 17.6 Å². The zero-order valence-corrected chi connectivity index (χ0v) is 17.0. The maximum Gasteiger partial charge on any atom is 0.162 e. The van der Waals surface area contributed by atoms with Gasteiger partial charge in [-0.1, -0.05) is 37.6 Å². The Balaban J connectivity index is 1.69. The molecule has 1 heterocycles. The number of hydrogen-bond acceptors (Lipinski definition) is 4. The van der Waals surface area contributed by atoms with Crippen LogP contribution in [0.25, 0.3) is 0 Å². The molecule has 1 aromatic heterocycles. The van der Waals surface area contributed by atoms with Gasteiger partial charge in [-0.3, -0.25) is 4.79 Å². The van der Waals surface area contributed by atoms with E-state index in [2.05, 4.69) is 28.6 Å². The summed E-state index contributed by atoms with van der Waals surface area (Å²) < 4.78 is 2.07. The third-order valence-electron chi connectivity index (χ3n) is 5.14. The molecule has 5 nitrogen and oxygen atoms in total. The number of aromatic nitrogens is 3. The molecule has 1 aliphatic rings. The molecule has 1 fully saturated rings. The third-order valence-corrected chi connectivity index (χ3v) is 5.55. The fourth-order valence-electron chi connectivity index (χ4n) is 3.32. The Morgan fingerprint density at radius 3 is 2.74 bits per heavy atom. The average molecular weight is 390 g/mol. The first-order valence-electron chi connectivity index (χ1n) is 9.74. The van der Waals surface area contributed by atoms with Crippen LogP contribution in [0.2, 0.25) is 5.02 Å². The van der Waals surface area contributed by atoms with Crippen molar-refractivity contribution in [3.8, 4) is 0 Å². The number of aliphatic hydroxyl groups is 1. The molecule has 27 heavy (non-hydrogen) atoms. The van der Waals surface area contributed by atoms with E-state index in [1.165, 1.54) is 0 Å². The molecular formula is C21H28ClN3O2. The van der Waals surface area contributed by atoms with Crippen molar-refractivity contribution in [2.75, 3.05) is 0 Å². The van der Waals surface area contributed by atoms with Gasteiger partial charge in [0.25, 0.3) is 0 Å². The zero-order chi connectivity index (χ0) is 19.6. The molecule has 1 N–H and O–H groups in total. The largest absolute Gasteiger partial charge is 0.385 e. The van der Waals surface area contributed by atoms with Crippen molar-refractivity contribution in [3.05, 3.63) is 46.0 Å². The number of rotatable bonds is 9. The summed E-state index contributed by atoms with van der Waals surface area (Å²) in [6.45, 7) is 6.28. The molecule has 0 bridgehead atoms. The normalized spacial score (nSPS) is 15.3. The van der Waals surface area contributed by atoms with Crippen molar-refractivity contribution in [2.24, 2.45) is 5.92 Å². The Kier molecular flexibility index (Phi) is 6.33. The van der Waals surface area contributed by atoms with Crippen LogP contribution in [0.15, 0.2) is 18.2 Å². The lowest BCUT2D eigenvalue weighted by atomic mass is 10.0. The van der Waals surface area contributed by atoms with E-state index >= 15 is 0 Å². The minimum absolute atomic E-state index is 0.0260. The Morgan fingerprint density at radius 1 is 1.33 bits per heavy atom. The van der Waals surface area contributed by atoms with Gasteiger partial charge in [-0.05, 0) is 49.3 Å². The number of benzene rings is 1. The third kappa shape index (κ3) is 4.96. The van der Waals surface area contributed by atoms with Crippen LogP contribution >= 0.6 is 11.6 Å². The second kappa shape index (κ2) is 8.53. The molecule has 0 radical (unpaired) electrons. The van der Waals surface area contributed by atoms with Gasteiger partial charge in [0.05, 0.1) is 0 Å². The van der Waals surface area contributed by atoms with Crippen molar-refractivity contribution in [1.82, 2.24) is 14.8 Å². The fraction of sp³-hybridized carbons (Fsp3) is 0.571. The smallest absolute Gasteiger partial charge is 0.162 e. The van der Waals surface area contributed by atoms with Crippen LogP contribution in [0.1, 0.15) is 74.5 Å². The van der Waals surface area contributed by atoms with E-state index in [0.717, 1.165) is 42.6 Å². The number of nitrogens with zero attached hydrogens (tertiary/aromatic N) is 3. The van der Waals surface area contributed by atoms with Crippen LogP contribution in [0.3, 0.4) is 0 Å². The number of halogens is 1. The molecule has 0 spiro atoms. The van der Waals surface area contributed by atoms with Crippen molar-refractivity contribution >= 4 is 17.4 Å². The molecule has 2 aromatic rings. The van der Waals surface area contributed by atoms with Crippen molar-refractivity contribution in [1.29, 1.82) is 0 Å². The number of Topliss-reactive ketones (excluding diaryl/α,β-unsaturated/α-hetero) is 1. The number of aryl methyl sites for hydroxylation is 1. The highest BCUT2D eigenvalue weighted by molar-refractivity contribution is 6.31. The fourth-order valence-corrected chi connectivity index (χ4v) is 3.51. The summed E-state index contributed by atoms with van der Waals surface area (Å²) in [5.41, 5.74) is 1.82. The molecule has 1 unspecified atom stereocenters. The summed E-state index contributed by atoms with van der Waals surface area (Å²) in [5, 5.41) is 19.9. The summed E-state index contributed by atoms with van der Waals surface area (Å²) in [7, 11) is 0. The minimum Gasteiger partial charge on any atom is -0.385 e. The van der Waals surface area contributed by atoms with Gasteiger partial charge in [0, 0.05) is 30.3 Å². The molecule has 0 amide bonds. The van der Waals surface area contributed by atoms with Gasteiger partial charge in [0.1, 0.15) is 17.7 Å². The summed E-state index contributed by atoms with van der Waals surface area (Å²) in [6, 6.07) is 5.94. The molecule has 6 heteroatoms. The summed E-state index contributed by atoms with van der Waals surface area (Å²) in [4.78, 5) is 12.5. The minimum atomic E-state index is -0.919. The lowest BCUT2D eigenvalue weighted by Crippen LogP contribution is -2.15. The van der Waals surface area contributed by atoms with E-state index < -0.39 is 6.10 Å². The van der Waals surface area contributed by atoms with Crippen molar-refractivity contribution < 1.29 is 9.90 Å². The van der Waals surface area contributed by atoms with Gasteiger partial charge in [-0.25, -0.2) is 0 Å². The van der Waals surface area contributed by atoms with Gasteiger partial charge in [-0.15, -0.1) is 10.2 Å². The molecule has 1 atom stereocenters. The predicted molar refractivity (Wildman–Crippen MR) is 106 cm³/mol. The summed E-state index contributed by atoms with van der Waals surface area (Å²) in [6.07, 6.45) is 3.45. The molecule has 146 valence electrons. The van der Waals surface area contributed by atoms with Crippen molar-refractivity contribution in [3.63, 3.8) is 0 Å². The van der Waals surface area contributed by atoms with Crippen LogP contribution in [-0.4, -0.2) is 25.7 Å². The Hall–Kier alpha value is -1.72. The van der Waals surface area contributed by atoms with Gasteiger partial charge < -0.3 is 9.67 Å². The first-order chi connectivity index (χ1) is 12.9. The zero-order valence-electron chi connectivity index (χ0n) is 16.3. The standard InChI is InChI=1S/C21H28ClN3O2/c1-13(2)7-10-20-23-24-21(25(20)16-8-9-16)19(27)12-17(26)11-15-5-4-6-18(22)14(15)3/h4-6,13,16,19,27H,7-12H2,1-3H3. The van der Waals surface area contributed by atoms with E-state index in [1.54, 1.807) is 0 Å². The molecule has 0 aliphatic heterocycles. The molecular weight excluding hydrogens is 362 g/mol. The first kappa shape index (κ1) is 20.0. The SMILES string of the molecule is Cc1c(Cl)cccc1CC(=O)CC(O)c1nnc(CCC(C)C)n1C1CC1. The Morgan fingerprint density at radius 2 is 2.07 bits per heavy atom. The quantitative estimate of drug-likeness (QED) is 0.690. The highest BCUT2D eigenvalue weighted by atomic mass is 35.5. The number of carbonyl (C=O) groups is 1. The maximum absolute atomic E-state index is 12.5. The highest BCUT2D eigenvalue weighted by Crippen LogP contribution is 2.38. The van der Waals surface area contributed by atoms with E-state index in [1.807, 2.05) is 25.1 Å². The second-order valence-electron chi connectivity index (χ2n) is 7.97. The first-order valence-corrected chi connectivity index (χ1v) is 10.1. The highest BCUT2D eigenvalue weighted by Gasteiger charge is 2.32. The van der Waals surface area contributed by atoms with Gasteiger partial charge in [-0.2, -0.15) is 0 Å². The Bertz CT molecular complexity index is 812. The molecule has 3 rings (SSSR count). The van der Waals surface area contributed by atoms with E-state index in [0.29, 0.717) is 22.8 Å². The van der Waals surface area contributed by atoms with Gasteiger partial charge in [0.2, 0.25) is 0 Å². The van der Waals surface area contributed by atoms with Gasteiger partial charge in [0.15, 0.2) is 5.82 Å². The lowest BCUT2D eigenvalue weighted by Gasteiger charge is -2.14. The summed E-state index contributed by atoms with van der Waals surface area (Å²) >= 11 is 6.13. The number of carbonyl (C=O) groups excluding carboxylic acids is 1. The predicted octanol–water partition coefficient (Wildman–Crippen LogP) is 4.40. The Labute approximate surface area is 165 Å². The van der Waals surface area contributed by atoms with E-state index in [-0.39, 0.29) is 18.6 Å². The van der Waals surface area contributed by atoms with Crippen LogP contribution < -0.4 is 0 Å². The molecule has 1 saturated carbocycles. The maximum atomic E-state index is 12.5. The summed E-state index contributed by atoms with van der Waals surface area (Å²) in [5.74, 6) is 2.03. The number of hydrogen-bond donors (Lipinski definition) is 1. The van der Waals surface area contributed by atoms with E-state index in [4.69, 9.17) is 11.6 Å². The average Bonchev–Trinajstić information content (AvgIpc) is 3.36. The number of ketones is 1. The van der Waals surface area contributed by atoms with Crippen LogP contribution in [0, 0.1) is 12.8 Å². The van der Waals surface area contributed by atoms with E-state index in [9.17, 15) is 9.90 Å². The number of aliphatic hydroxyl groups excluding tert-OH is 1. The lowest BCUT2D eigenvalue weighted by molar-refractivity contribution is -0.120. The monoisotopic (exact) mass is 389 g/mol. The van der Waals surface area contributed by atoms with Crippen molar-refractivity contribution in [2.45, 2.75) is 71.4 Å². The van der Waals surface area contributed by atoms with Crippen LogP contribution in [0.5, 0.6) is 0 Å². The molecule has 1 aromatic carbocycles. The topological polar surface area (TPSA) is 68.0 Å². The molecule has 1 aliphatic carbocycles. The molecule has 0 saturated heterocycles. The second-order valence-corrected chi connectivity index (χ2v) is 8.37.